The number of hydrogen-bond acceptors (Lipinski definition) is 3. The molecule has 9 heteroatoms. The van der Waals surface area contributed by atoms with Gasteiger partial charge in [-0.25, -0.2) is 0 Å². The molecule has 2 heterocycles. The normalized spacial score (nSPS) is 11.4. The van der Waals surface area contributed by atoms with Crippen LogP contribution in [0.25, 0.3) is 0 Å². The Labute approximate surface area is 158 Å². The third-order valence-electron chi connectivity index (χ3n) is 4.18. The molecular formula is C19H17F3N4O2. The maximum atomic E-state index is 12.8. The summed E-state index contributed by atoms with van der Waals surface area (Å²) >= 11 is 0. The summed E-state index contributed by atoms with van der Waals surface area (Å²) in [7, 11) is 0. The average molecular weight is 390 g/mol. The molecule has 3 aromatic rings. The number of carbonyl (C=O) groups is 1. The second-order valence-electron chi connectivity index (χ2n) is 6.08. The highest BCUT2D eigenvalue weighted by atomic mass is 19.4. The van der Waals surface area contributed by atoms with Gasteiger partial charge in [0, 0.05) is 6.20 Å². The van der Waals surface area contributed by atoms with Crippen molar-refractivity contribution in [1.29, 1.82) is 0 Å². The van der Waals surface area contributed by atoms with Crippen LogP contribution in [0.1, 0.15) is 34.1 Å². The summed E-state index contributed by atoms with van der Waals surface area (Å²) < 4.78 is 40.2. The lowest BCUT2D eigenvalue weighted by Crippen LogP contribution is -2.22. The van der Waals surface area contributed by atoms with E-state index in [9.17, 15) is 22.8 Å². The first-order valence-corrected chi connectivity index (χ1v) is 8.49. The summed E-state index contributed by atoms with van der Waals surface area (Å²) in [5, 5.41) is 6.47. The summed E-state index contributed by atoms with van der Waals surface area (Å²) in [6.45, 7) is 2.29. The Morgan fingerprint density at radius 3 is 2.61 bits per heavy atom. The van der Waals surface area contributed by atoms with Crippen LogP contribution in [-0.4, -0.2) is 20.7 Å². The first-order chi connectivity index (χ1) is 13.3. The second kappa shape index (κ2) is 7.71. The van der Waals surface area contributed by atoms with Crippen molar-refractivity contribution in [3.63, 3.8) is 0 Å². The Morgan fingerprint density at radius 1 is 1.25 bits per heavy atom. The number of nitrogens with zero attached hydrogens (tertiary/aromatic N) is 2. The number of rotatable bonds is 5. The van der Waals surface area contributed by atoms with Crippen molar-refractivity contribution in [2.45, 2.75) is 26.1 Å². The molecule has 2 aromatic heterocycles. The molecule has 1 aromatic carbocycles. The van der Waals surface area contributed by atoms with Gasteiger partial charge in [0.05, 0.1) is 29.6 Å². The number of hydrogen-bond donors (Lipinski definition) is 2. The predicted octanol–water partition coefficient (Wildman–Crippen LogP) is 3.45. The topological polar surface area (TPSA) is 79.8 Å². The van der Waals surface area contributed by atoms with Crippen LogP contribution < -0.4 is 10.9 Å². The Bertz CT molecular complexity index is 1040. The van der Waals surface area contributed by atoms with E-state index in [-0.39, 0.29) is 5.56 Å². The smallest absolute Gasteiger partial charge is 0.327 e. The molecule has 6 nitrogen and oxygen atoms in total. The molecule has 146 valence electrons. The monoisotopic (exact) mass is 390 g/mol. The van der Waals surface area contributed by atoms with Crippen molar-refractivity contribution in [3.8, 4) is 0 Å². The van der Waals surface area contributed by atoms with Gasteiger partial charge in [0.15, 0.2) is 0 Å². The number of nitrogens with one attached hydrogen (secondary N) is 2. The van der Waals surface area contributed by atoms with E-state index in [1.807, 2.05) is 42.2 Å². The van der Waals surface area contributed by atoms with Gasteiger partial charge in [0.25, 0.3) is 11.5 Å². The van der Waals surface area contributed by atoms with Crippen molar-refractivity contribution in [1.82, 2.24) is 14.8 Å². The van der Waals surface area contributed by atoms with Crippen LogP contribution in [0.4, 0.5) is 18.9 Å². The zero-order chi connectivity index (χ0) is 20.3. The molecule has 0 saturated carbocycles. The fourth-order valence-corrected chi connectivity index (χ4v) is 2.80. The highest BCUT2D eigenvalue weighted by molar-refractivity contribution is 6.04. The Morgan fingerprint density at radius 2 is 1.96 bits per heavy atom. The summed E-state index contributed by atoms with van der Waals surface area (Å²) in [6, 6.07) is 10.1. The van der Waals surface area contributed by atoms with Crippen LogP contribution in [0.15, 0.2) is 53.6 Å². The number of aromatic nitrogens is 3. The van der Waals surface area contributed by atoms with Gasteiger partial charge in [-0.15, -0.1) is 0 Å². The Kier molecular flexibility index (Phi) is 5.34. The number of anilines is 1. The molecule has 28 heavy (non-hydrogen) atoms. The zero-order valence-corrected chi connectivity index (χ0v) is 14.9. The van der Waals surface area contributed by atoms with E-state index in [4.69, 9.17) is 0 Å². The summed E-state index contributed by atoms with van der Waals surface area (Å²) in [5.41, 5.74) is -0.548. The number of halogens is 3. The molecule has 0 aliphatic heterocycles. The Balaban J connectivity index is 1.87. The molecule has 0 aliphatic carbocycles. The third kappa shape index (κ3) is 4.13. The molecule has 1 amide bonds. The molecule has 2 N–H and O–H groups in total. The molecular weight excluding hydrogens is 373 g/mol. The molecule has 0 spiro atoms. The lowest BCUT2D eigenvalue weighted by Gasteiger charge is -2.10. The Hall–Kier alpha value is -3.36. The summed E-state index contributed by atoms with van der Waals surface area (Å²) in [4.78, 5) is 26.4. The predicted molar refractivity (Wildman–Crippen MR) is 97.2 cm³/mol. The van der Waals surface area contributed by atoms with E-state index in [0.717, 1.165) is 5.56 Å². The molecule has 0 unspecified atom stereocenters. The minimum Gasteiger partial charge on any atom is -0.327 e. The number of amides is 1. The number of pyridine rings is 1. The minimum absolute atomic E-state index is 0.204. The van der Waals surface area contributed by atoms with Gasteiger partial charge in [-0.1, -0.05) is 37.3 Å². The fraction of sp³-hybridized carbons (Fsp3) is 0.211. The van der Waals surface area contributed by atoms with Crippen molar-refractivity contribution in [2.75, 3.05) is 5.32 Å². The van der Waals surface area contributed by atoms with Crippen LogP contribution in [0.2, 0.25) is 0 Å². The number of alkyl halides is 3. The molecule has 0 radical (unpaired) electrons. The van der Waals surface area contributed by atoms with Gasteiger partial charge in [0.2, 0.25) is 0 Å². The van der Waals surface area contributed by atoms with Gasteiger partial charge >= 0.3 is 6.18 Å². The average Bonchev–Trinajstić information content (AvgIpc) is 3.06. The lowest BCUT2D eigenvalue weighted by molar-refractivity contribution is -0.137. The SMILES string of the molecule is CCc1c(C(=O)Nc2cc(C(F)(F)F)c[nH]c2=O)cnn1Cc1ccccc1. The highest BCUT2D eigenvalue weighted by Gasteiger charge is 2.31. The van der Waals surface area contributed by atoms with Crippen molar-refractivity contribution >= 4 is 11.6 Å². The zero-order valence-electron chi connectivity index (χ0n) is 14.9. The number of benzene rings is 1. The van der Waals surface area contributed by atoms with Crippen LogP contribution in [0, 0.1) is 0 Å². The van der Waals surface area contributed by atoms with Gasteiger partial charge in [0.1, 0.15) is 5.69 Å². The van der Waals surface area contributed by atoms with Gasteiger partial charge in [-0.3, -0.25) is 14.3 Å². The van der Waals surface area contributed by atoms with E-state index in [2.05, 4.69) is 10.4 Å². The van der Waals surface area contributed by atoms with E-state index in [0.29, 0.717) is 30.9 Å². The second-order valence-corrected chi connectivity index (χ2v) is 6.08. The first kappa shape index (κ1) is 19.4. The summed E-state index contributed by atoms with van der Waals surface area (Å²) in [6.07, 6.45) is -2.25. The van der Waals surface area contributed by atoms with Crippen molar-refractivity contribution in [2.24, 2.45) is 0 Å². The highest BCUT2D eigenvalue weighted by Crippen LogP contribution is 2.29. The van der Waals surface area contributed by atoms with E-state index in [1.54, 1.807) is 4.68 Å². The van der Waals surface area contributed by atoms with Crippen molar-refractivity contribution in [3.05, 3.63) is 81.5 Å². The van der Waals surface area contributed by atoms with E-state index < -0.39 is 28.9 Å². The minimum atomic E-state index is -4.64. The van der Waals surface area contributed by atoms with E-state index >= 15 is 0 Å². The van der Waals surface area contributed by atoms with Crippen LogP contribution in [-0.2, 0) is 19.1 Å². The van der Waals surface area contributed by atoms with Gasteiger partial charge < -0.3 is 10.3 Å². The standard InChI is InChI=1S/C19H17F3N4O2/c1-2-16-14(10-24-26(16)11-12-6-4-3-5-7-12)17(27)25-15-8-13(19(20,21)22)9-23-18(15)28/h3-10H,2,11H2,1H3,(H,23,28)(H,25,27). The maximum Gasteiger partial charge on any atom is 0.417 e. The van der Waals surface area contributed by atoms with E-state index in [1.165, 1.54) is 6.20 Å². The fourth-order valence-electron chi connectivity index (χ4n) is 2.80. The number of carbonyl (C=O) groups excluding carboxylic acids is 1. The molecule has 0 atom stereocenters. The molecule has 0 saturated heterocycles. The van der Waals surface area contributed by atoms with Crippen LogP contribution in [0.5, 0.6) is 0 Å². The van der Waals surface area contributed by atoms with Gasteiger partial charge in [-0.05, 0) is 18.1 Å². The molecule has 0 bridgehead atoms. The largest absolute Gasteiger partial charge is 0.417 e. The third-order valence-corrected chi connectivity index (χ3v) is 4.18. The van der Waals surface area contributed by atoms with Crippen molar-refractivity contribution < 1.29 is 18.0 Å². The van der Waals surface area contributed by atoms with Crippen LogP contribution >= 0.6 is 0 Å². The molecule has 0 fully saturated rings. The summed E-state index contributed by atoms with van der Waals surface area (Å²) in [5.74, 6) is -0.694. The lowest BCUT2D eigenvalue weighted by atomic mass is 10.1. The molecule has 3 rings (SSSR count). The quantitative estimate of drug-likeness (QED) is 0.700. The number of aromatic amines is 1. The van der Waals surface area contributed by atoms with Crippen LogP contribution in [0.3, 0.4) is 0 Å². The maximum absolute atomic E-state index is 12.8. The molecule has 0 aliphatic rings. The number of H-pyrrole nitrogens is 1. The van der Waals surface area contributed by atoms with Gasteiger partial charge in [-0.2, -0.15) is 18.3 Å². The first-order valence-electron chi connectivity index (χ1n) is 8.49.